The van der Waals surface area contributed by atoms with Crippen LogP contribution < -0.4 is 0 Å². The molecule has 0 amide bonds. The normalized spacial score (nSPS) is 15.3. The van der Waals surface area contributed by atoms with Gasteiger partial charge in [-0.3, -0.25) is 0 Å². The van der Waals surface area contributed by atoms with Gasteiger partial charge in [-0.25, -0.2) is 9.79 Å². The van der Waals surface area contributed by atoms with Crippen LogP contribution in [0.25, 0.3) is 0 Å². The molecule has 0 N–H and O–H groups in total. The molecule has 17 heteroatoms. The van der Waals surface area contributed by atoms with E-state index in [1.165, 1.54) is 0 Å². The van der Waals surface area contributed by atoms with Gasteiger partial charge >= 0.3 is 34.2 Å². The molecule has 0 unspecified atom stereocenters. The Kier molecular flexibility index (Phi) is 14.4. The summed E-state index contributed by atoms with van der Waals surface area (Å²) < 4.78 is 41.2. The van der Waals surface area contributed by atoms with Gasteiger partial charge in [0, 0.05) is 0 Å². The highest BCUT2D eigenvalue weighted by Crippen LogP contribution is 2.39. The highest BCUT2D eigenvalue weighted by molar-refractivity contribution is 7.67. The summed E-state index contributed by atoms with van der Waals surface area (Å²) in [5, 5.41) is 0. The summed E-state index contributed by atoms with van der Waals surface area (Å²) >= 11 is 0. The molecule has 0 atom stereocenters. The smallest absolute Gasteiger partial charge is 0.312 e. The maximum absolute atomic E-state index is 10.8. The third-order valence-electron chi connectivity index (χ3n) is 6.76. The van der Waals surface area contributed by atoms with Crippen LogP contribution in [0.2, 0.25) is 130 Å². The number of carbonyl (C=O) groups excluding carboxylic acids is 1. The maximum Gasteiger partial charge on any atom is 0.312 e. The Labute approximate surface area is 256 Å². The number of nitrogens with zero attached hydrogens (tertiary/aromatic N) is 1. The lowest BCUT2D eigenvalue weighted by molar-refractivity contribution is 0.333. The van der Waals surface area contributed by atoms with Gasteiger partial charge in [-0.1, -0.05) is 12.6 Å². The van der Waals surface area contributed by atoms with Gasteiger partial charge in [0.05, 0.1) is 13.7 Å². The number of isocyanates is 1. The number of rotatable bonds is 18. The minimum atomic E-state index is -2.53. The molecule has 0 fully saturated rings. The van der Waals surface area contributed by atoms with Crippen molar-refractivity contribution in [2.75, 3.05) is 6.54 Å². The van der Waals surface area contributed by atoms with Crippen molar-refractivity contribution in [3.63, 3.8) is 0 Å². The first-order valence-electron chi connectivity index (χ1n) is 14.5. The lowest BCUT2D eigenvalue weighted by Gasteiger charge is -2.54. The van der Waals surface area contributed by atoms with E-state index in [9.17, 15) is 4.79 Å². The summed E-state index contributed by atoms with van der Waals surface area (Å²) in [7, 11) is -20.2. The zero-order chi connectivity index (χ0) is 32.3. The molecule has 238 valence electrons. The number of hydrogen-bond donors (Lipinski definition) is 0. The summed E-state index contributed by atoms with van der Waals surface area (Å²) in [6.07, 6.45) is 2.54. The fourth-order valence-electron chi connectivity index (χ4n) is 6.08. The van der Waals surface area contributed by atoms with Crippen LogP contribution in [0.3, 0.4) is 0 Å². The topological polar surface area (TPSA) is 84.8 Å². The third-order valence-corrected chi connectivity index (χ3v) is 68.3. The Morgan fingerprint density at radius 3 is 1.05 bits per heavy atom. The second-order valence-electron chi connectivity index (χ2n) is 15.9. The van der Waals surface area contributed by atoms with Gasteiger partial charge in [-0.15, -0.1) is 0 Å². The van der Waals surface area contributed by atoms with Crippen LogP contribution in [-0.4, -0.2) is 86.3 Å². The fourth-order valence-corrected chi connectivity index (χ4v) is 78.0. The minimum absolute atomic E-state index is 0.490. The molecule has 0 spiro atoms. The van der Waals surface area contributed by atoms with Crippen LogP contribution in [0.1, 0.15) is 6.42 Å². The van der Waals surface area contributed by atoms with Crippen molar-refractivity contribution in [2.45, 2.75) is 137 Å². The van der Waals surface area contributed by atoms with Crippen molar-refractivity contribution < 1.29 is 29.5 Å². The summed E-state index contributed by atoms with van der Waals surface area (Å²) in [5.74, 6) is 0. The number of hydrogen-bond acceptors (Lipinski definition) is 8. The molecule has 0 radical (unpaired) electrons. The predicted molar refractivity (Wildman–Crippen MR) is 192 cm³/mol. The van der Waals surface area contributed by atoms with Gasteiger partial charge in [0.25, 0.3) is 0 Å². The van der Waals surface area contributed by atoms with Crippen molar-refractivity contribution in [1.29, 1.82) is 0 Å². The van der Waals surface area contributed by atoms with E-state index in [4.69, 9.17) is 24.7 Å². The first-order valence-corrected chi connectivity index (χ1v) is 43.2. The highest BCUT2D eigenvalue weighted by atomic mass is 29.7. The highest BCUT2D eigenvalue weighted by Gasteiger charge is 2.61. The monoisotopic (exact) mass is 717 g/mol. The molecule has 0 heterocycles. The third kappa shape index (κ3) is 14.7. The number of aliphatic imine (C=N–C) groups is 1. The standard InChI is InChI=1S/C23H63NO7Si9/c1-32(2,3)26-34(7,8)28-36(11,12)30-38(15,16)40(19,22-20-21-24-23-25)39(17,18)31-37(13,14)29-35(9,10)27-33(4,5)6/h20-22H2,1-19H3. The Balaban J connectivity index is 6.33. The van der Waals surface area contributed by atoms with E-state index < -0.39 is 73.7 Å². The average Bonchev–Trinajstić information content (AvgIpc) is 2.56. The molecular formula is C23H63NO7Si9. The summed E-state index contributed by atoms with van der Waals surface area (Å²) in [6.45, 7) is 43.0. The molecule has 0 saturated heterocycles. The minimum Gasteiger partial charge on any atom is -0.439 e. The summed E-state index contributed by atoms with van der Waals surface area (Å²) in [6, 6.07) is 0.990. The second-order valence-corrected chi connectivity index (χ2v) is 65.0. The summed E-state index contributed by atoms with van der Waals surface area (Å²) in [5.41, 5.74) is 0. The lowest BCUT2D eigenvalue weighted by atomic mass is 10.5. The van der Waals surface area contributed by atoms with Crippen LogP contribution in [0.4, 0.5) is 0 Å². The first kappa shape index (κ1) is 41.1. The Hall–Kier alpha value is 1.09. The lowest BCUT2D eigenvalue weighted by Crippen LogP contribution is -2.78. The maximum atomic E-state index is 10.8. The van der Waals surface area contributed by atoms with Gasteiger partial charge in [-0.2, -0.15) is 0 Å². The van der Waals surface area contributed by atoms with E-state index >= 15 is 0 Å². The van der Waals surface area contributed by atoms with Crippen molar-refractivity contribution >= 4 is 79.7 Å². The Morgan fingerprint density at radius 1 is 0.475 bits per heavy atom. The van der Waals surface area contributed by atoms with Crippen LogP contribution in [0.5, 0.6) is 0 Å². The average molecular weight is 719 g/mol. The van der Waals surface area contributed by atoms with E-state index in [2.05, 4.69) is 129 Å². The quantitative estimate of drug-likeness (QED) is 0.0616. The van der Waals surface area contributed by atoms with Crippen molar-refractivity contribution in [2.24, 2.45) is 4.99 Å². The summed E-state index contributed by atoms with van der Waals surface area (Å²) in [4.78, 5) is 14.7. The SMILES string of the molecule is C[Si](C)(C)O[Si](C)(C)O[Si](C)(C)O[Si](C)(C)[Si](C)(CCCN=C=O)[Si](C)(C)O[Si](C)(C)O[Si](C)(C)O[Si](C)(C)C. The van der Waals surface area contributed by atoms with Gasteiger partial charge in [0.1, 0.15) is 0 Å². The molecule has 0 aromatic carbocycles. The molecule has 0 saturated carbocycles. The molecular weight excluding hydrogens is 655 g/mol. The molecule has 0 aromatic rings. The van der Waals surface area contributed by atoms with Crippen LogP contribution in [0.15, 0.2) is 4.99 Å². The van der Waals surface area contributed by atoms with Crippen molar-refractivity contribution in [3.05, 3.63) is 0 Å². The second kappa shape index (κ2) is 14.0. The van der Waals surface area contributed by atoms with Gasteiger partial charge in [-0.05, 0) is 124 Å². The van der Waals surface area contributed by atoms with Crippen LogP contribution >= 0.6 is 0 Å². The van der Waals surface area contributed by atoms with Gasteiger partial charge in [0.15, 0.2) is 32.3 Å². The predicted octanol–water partition coefficient (Wildman–Crippen LogP) is 7.93. The van der Waals surface area contributed by atoms with E-state index in [1.807, 2.05) is 0 Å². The van der Waals surface area contributed by atoms with Gasteiger partial charge in [0.2, 0.25) is 6.08 Å². The molecule has 0 bridgehead atoms. The van der Waals surface area contributed by atoms with E-state index in [-0.39, 0.29) is 0 Å². The molecule has 0 aliphatic carbocycles. The van der Waals surface area contributed by atoms with Crippen LogP contribution in [-0.2, 0) is 29.5 Å². The molecule has 0 aliphatic heterocycles. The Morgan fingerprint density at radius 2 is 0.775 bits per heavy atom. The Bertz CT molecular complexity index is 823. The van der Waals surface area contributed by atoms with E-state index in [0.717, 1.165) is 12.5 Å². The molecule has 8 nitrogen and oxygen atoms in total. The van der Waals surface area contributed by atoms with Gasteiger partial charge < -0.3 is 24.7 Å². The zero-order valence-electron chi connectivity index (χ0n) is 29.4. The molecule has 0 aliphatic rings. The first-order chi connectivity index (χ1) is 17.3. The van der Waals surface area contributed by atoms with Crippen molar-refractivity contribution in [3.8, 4) is 0 Å². The molecule has 0 rings (SSSR count). The fraction of sp³-hybridized carbons (Fsp3) is 0.957. The molecule has 40 heavy (non-hydrogen) atoms. The largest absolute Gasteiger partial charge is 0.439 e. The zero-order valence-corrected chi connectivity index (χ0v) is 38.4. The van der Waals surface area contributed by atoms with E-state index in [1.54, 1.807) is 6.08 Å². The molecule has 0 aromatic heterocycles. The van der Waals surface area contributed by atoms with E-state index in [0.29, 0.717) is 6.54 Å². The van der Waals surface area contributed by atoms with Crippen LogP contribution in [0, 0.1) is 0 Å². The van der Waals surface area contributed by atoms with Crippen molar-refractivity contribution in [1.82, 2.24) is 0 Å².